The van der Waals surface area contributed by atoms with E-state index in [0.29, 0.717) is 29.6 Å². The number of amides is 2. The fraction of sp³-hybridized carbons (Fsp3) is 0.909. The van der Waals surface area contributed by atoms with Gasteiger partial charge >= 0.3 is 0 Å². The average Bonchev–Trinajstić information content (AvgIpc) is 2.59. The third kappa shape index (κ3) is 2.39. The lowest BCUT2D eigenvalue weighted by Crippen LogP contribution is -2.68. The molecule has 0 aromatic heterocycles. The highest BCUT2D eigenvalue weighted by Crippen LogP contribution is 2.65. The maximum absolute atomic E-state index is 11.4. The molecule has 0 heterocycles. The first-order valence-corrected chi connectivity index (χ1v) is 10.8. The number of nitrogens with one attached hydrogen (secondary N) is 2. The highest BCUT2D eigenvalue weighted by atomic mass is 16.1. The summed E-state index contributed by atoms with van der Waals surface area (Å²) in [5.41, 5.74) is -0.127. The first-order chi connectivity index (χ1) is 12.4. The smallest absolute Gasteiger partial charge is 0.207 e. The molecule has 2 amide bonds. The molecule has 4 rings (SSSR count). The lowest BCUT2D eigenvalue weighted by atomic mass is 9.40. The van der Waals surface area contributed by atoms with E-state index in [0.717, 1.165) is 37.0 Å². The fourth-order valence-corrected chi connectivity index (χ4v) is 8.28. The SMILES string of the molecule is C[C@@H]1C[C@@H]2C[C@H](C)[C@H]3CC[C@](C)(NC=O)[C@H]4CC[C@@H]([C@@H]2[C@H]34)[C@]1(C)NC=O. The summed E-state index contributed by atoms with van der Waals surface area (Å²) in [6.45, 7) is 9.39. The third-order valence-electron chi connectivity index (χ3n) is 9.63. The molecule has 146 valence electrons. The maximum Gasteiger partial charge on any atom is 0.207 e. The Kier molecular flexibility index (Phi) is 4.39. The summed E-state index contributed by atoms with van der Waals surface area (Å²) in [6.07, 6.45) is 9.17. The molecule has 0 aromatic carbocycles. The molecular formula is C22H36N2O2. The number of carbonyl (C=O) groups excluding carboxylic acids is 2. The van der Waals surface area contributed by atoms with Crippen molar-refractivity contribution in [3.8, 4) is 0 Å². The molecule has 0 aliphatic heterocycles. The highest BCUT2D eigenvalue weighted by molar-refractivity contribution is 5.49. The molecule has 4 nitrogen and oxygen atoms in total. The van der Waals surface area contributed by atoms with Crippen molar-refractivity contribution in [3.05, 3.63) is 0 Å². The summed E-state index contributed by atoms with van der Waals surface area (Å²) in [5.74, 6) is 5.48. The van der Waals surface area contributed by atoms with E-state index in [1.165, 1.54) is 32.1 Å². The van der Waals surface area contributed by atoms with Crippen LogP contribution in [0.2, 0.25) is 0 Å². The Labute approximate surface area is 158 Å². The largest absolute Gasteiger partial charge is 0.353 e. The monoisotopic (exact) mass is 360 g/mol. The van der Waals surface area contributed by atoms with E-state index in [4.69, 9.17) is 0 Å². The van der Waals surface area contributed by atoms with Gasteiger partial charge in [0.25, 0.3) is 0 Å². The molecule has 10 atom stereocenters. The first kappa shape index (κ1) is 18.3. The second-order valence-electron chi connectivity index (χ2n) is 10.5. The molecule has 26 heavy (non-hydrogen) atoms. The summed E-state index contributed by atoms with van der Waals surface area (Å²) in [5, 5.41) is 6.50. The van der Waals surface area contributed by atoms with Gasteiger partial charge in [-0.15, -0.1) is 0 Å². The van der Waals surface area contributed by atoms with Crippen LogP contribution in [0.5, 0.6) is 0 Å². The van der Waals surface area contributed by atoms with Crippen LogP contribution in [0, 0.1) is 47.3 Å². The molecule has 0 aromatic rings. The molecule has 4 heteroatoms. The van der Waals surface area contributed by atoms with Crippen molar-refractivity contribution >= 4 is 12.8 Å². The lowest BCUT2D eigenvalue weighted by Gasteiger charge is -2.67. The minimum Gasteiger partial charge on any atom is -0.353 e. The molecule has 0 spiro atoms. The second kappa shape index (κ2) is 6.24. The van der Waals surface area contributed by atoms with Gasteiger partial charge in [-0.25, -0.2) is 0 Å². The summed E-state index contributed by atoms with van der Waals surface area (Å²) in [7, 11) is 0. The molecule has 4 saturated carbocycles. The fourth-order valence-electron chi connectivity index (χ4n) is 8.28. The van der Waals surface area contributed by atoms with Crippen LogP contribution < -0.4 is 10.6 Å². The van der Waals surface area contributed by atoms with Gasteiger partial charge in [0.05, 0.1) is 0 Å². The Balaban J connectivity index is 1.74. The first-order valence-electron chi connectivity index (χ1n) is 10.8. The molecule has 4 fully saturated rings. The van der Waals surface area contributed by atoms with Gasteiger partial charge in [0, 0.05) is 11.1 Å². The Morgan fingerprint density at radius 2 is 1.58 bits per heavy atom. The summed E-state index contributed by atoms with van der Waals surface area (Å²) >= 11 is 0. The molecule has 4 aliphatic rings. The molecule has 0 radical (unpaired) electrons. The van der Waals surface area contributed by atoms with E-state index in [1.807, 2.05) is 0 Å². The van der Waals surface area contributed by atoms with Gasteiger partial charge < -0.3 is 10.6 Å². The average molecular weight is 361 g/mol. The van der Waals surface area contributed by atoms with Gasteiger partial charge in [0.1, 0.15) is 0 Å². The van der Waals surface area contributed by atoms with E-state index in [9.17, 15) is 9.59 Å². The van der Waals surface area contributed by atoms with Gasteiger partial charge in [-0.05, 0) is 99.7 Å². The van der Waals surface area contributed by atoms with Crippen LogP contribution >= 0.6 is 0 Å². The Morgan fingerprint density at radius 1 is 0.885 bits per heavy atom. The zero-order chi connectivity index (χ0) is 18.7. The van der Waals surface area contributed by atoms with E-state index in [2.05, 4.69) is 38.3 Å². The van der Waals surface area contributed by atoms with Crippen LogP contribution in [0.1, 0.15) is 66.2 Å². The van der Waals surface area contributed by atoms with E-state index in [1.54, 1.807) is 0 Å². The van der Waals surface area contributed by atoms with Gasteiger partial charge in [-0.2, -0.15) is 0 Å². The van der Waals surface area contributed by atoms with Crippen LogP contribution in [0.15, 0.2) is 0 Å². The standard InChI is InChI=1S/C22H36N2O2/c1-13-9-15-10-14(2)22(4,24-12-26)18-6-5-17-20(19(15)18)16(13)7-8-21(17,3)23-11-25/h11-20H,5-10H2,1-4H3,(H,23,25)(H,24,26)/t13-,14+,15-,16+,17-,18-,19+,20+,21-,22+/m0/s1. The highest BCUT2D eigenvalue weighted by Gasteiger charge is 2.63. The summed E-state index contributed by atoms with van der Waals surface area (Å²) < 4.78 is 0. The minimum absolute atomic E-state index is 0.0486. The molecule has 0 bridgehead atoms. The van der Waals surface area contributed by atoms with E-state index < -0.39 is 0 Å². The zero-order valence-electron chi connectivity index (χ0n) is 16.8. The van der Waals surface area contributed by atoms with E-state index in [-0.39, 0.29) is 11.1 Å². The normalized spacial score (nSPS) is 55.4. The Morgan fingerprint density at radius 3 is 2.27 bits per heavy atom. The Hall–Kier alpha value is -1.06. The van der Waals surface area contributed by atoms with Gasteiger partial charge in [-0.3, -0.25) is 9.59 Å². The van der Waals surface area contributed by atoms with Crippen molar-refractivity contribution in [3.63, 3.8) is 0 Å². The van der Waals surface area contributed by atoms with Crippen molar-refractivity contribution in [2.75, 3.05) is 0 Å². The molecule has 0 unspecified atom stereocenters. The predicted octanol–water partition coefficient (Wildman–Crippen LogP) is 3.36. The van der Waals surface area contributed by atoms with Crippen LogP contribution in [0.3, 0.4) is 0 Å². The van der Waals surface area contributed by atoms with Crippen molar-refractivity contribution in [2.45, 2.75) is 77.3 Å². The van der Waals surface area contributed by atoms with Crippen molar-refractivity contribution in [2.24, 2.45) is 47.3 Å². The zero-order valence-corrected chi connectivity index (χ0v) is 16.8. The van der Waals surface area contributed by atoms with Crippen LogP contribution in [-0.2, 0) is 9.59 Å². The number of hydrogen-bond donors (Lipinski definition) is 2. The van der Waals surface area contributed by atoms with Crippen molar-refractivity contribution in [1.82, 2.24) is 10.6 Å². The predicted molar refractivity (Wildman–Crippen MR) is 102 cm³/mol. The van der Waals surface area contributed by atoms with Gasteiger partial charge in [-0.1, -0.05) is 13.8 Å². The van der Waals surface area contributed by atoms with E-state index >= 15 is 0 Å². The summed E-state index contributed by atoms with van der Waals surface area (Å²) in [6, 6.07) is 0. The Bertz CT molecular complexity index is 580. The van der Waals surface area contributed by atoms with Crippen molar-refractivity contribution in [1.29, 1.82) is 0 Å². The quantitative estimate of drug-likeness (QED) is 0.755. The number of hydrogen-bond acceptors (Lipinski definition) is 2. The third-order valence-corrected chi connectivity index (χ3v) is 9.63. The molecule has 2 N–H and O–H groups in total. The summed E-state index contributed by atoms with van der Waals surface area (Å²) in [4.78, 5) is 22.8. The van der Waals surface area contributed by atoms with Gasteiger partial charge in [0.2, 0.25) is 12.8 Å². The van der Waals surface area contributed by atoms with Crippen LogP contribution in [0.25, 0.3) is 0 Å². The molecular weight excluding hydrogens is 324 g/mol. The van der Waals surface area contributed by atoms with Crippen LogP contribution in [0.4, 0.5) is 0 Å². The molecule has 4 aliphatic carbocycles. The second-order valence-corrected chi connectivity index (χ2v) is 10.5. The van der Waals surface area contributed by atoms with Crippen LogP contribution in [-0.4, -0.2) is 23.9 Å². The lowest BCUT2D eigenvalue weighted by molar-refractivity contribution is -0.162. The number of carbonyl (C=O) groups is 2. The van der Waals surface area contributed by atoms with Gasteiger partial charge in [0.15, 0.2) is 0 Å². The van der Waals surface area contributed by atoms with Crippen molar-refractivity contribution < 1.29 is 9.59 Å². The topological polar surface area (TPSA) is 58.2 Å². The molecule has 0 saturated heterocycles. The minimum atomic E-state index is -0.0784. The maximum atomic E-state index is 11.4. The number of rotatable bonds is 4.